The fraction of sp³-hybridized carbons (Fsp3) is 0.263. The number of hydrogen-bond acceptors (Lipinski definition) is 6. The lowest BCUT2D eigenvalue weighted by Gasteiger charge is -2.32. The van der Waals surface area contributed by atoms with E-state index in [0.717, 1.165) is 5.69 Å². The third-order valence-corrected chi connectivity index (χ3v) is 6.35. The van der Waals surface area contributed by atoms with Crippen LogP contribution >= 0.6 is 0 Å². The zero-order chi connectivity index (χ0) is 19.6. The van der Waals surface area contributed by atoms with Gasteiger partial charge in [0.2, 0.25) is 10.0 Å². The molecule has 0 aliphatic carbocycles. The van der Waals surface area contributed by atoms with Gasteiger partial charge in [0.15, 0.2) is 5.82 Å². The summed E-state index contributed by atoms with van der Waals surface area (Å²) in [6.45, 7) is 2.77. The molecule has 1 atom stereocenters. The SMILES string of the molecule is Cc1cc(Nc2cccc([C@@H]3CN(S(=O)(=O)c4ccccc4)CCO3)n2)n[nH]1. The molecule has 1 aliphatic rings. The second kappa shape index (κ2) is 7.70. The molecule has 0 radical (unpaired) electrons. The number of morpholine rings is 1. The number of ether oxygens (including phenoxy) is 1. The molecular weight excluding hydrogens is 378 g/mol. The van der Waals surface area contributed by atoms with Gasteiger partial charge < -0.3 is 10.1 Å². The molecule has 1 aromatic carbocycles. The molecule has 9 heteroatoms. The van der Waals surface area contributed by atoms with Crippen molar-refractivity contribution in [2.75, 3.05) is 25.0 Å². The monoisotopic (exact) mass is 399 g/mol. The number of anilines is 2. The molecule has 3 aromatic rings. The summed E-state index contributed by atoms with van der Waals surface area (Å²) < 4.78 is 33.1. The Morgan fingerprint density at radius 2 is 1.96 bits per heavy atom. The maximum absolute atomic E-state index is 12.9. The predicted molar refractivity (Wildman–Crippen MR) is 105 cm³/mol. The highest BCUT2D eigenvalue weighted by atomic mass is 32.2. The van der Waals surface area contributed by atoms with Gasteiger partial charge in [-0.3, -0.25) is 5.10 Å². The summed E-state index contributed by atoms with van der Waals surface area (Å²) in [5.41, 5.74) is 1.61. The van der Waals surface area contributed by atoms with E-state index in [1.54, 1.807) is 30.3 Å². The fourth-order valence-corrected chi connectivity index (χ4v) is 4.52. The minimum absolute atomic E-state index is 0.217. The molecular formula is C19H21N5O3S. The number of rotatable bonds is 5. The van der Waals surface area contributed by atoms with Crippen LogP contribution in [0.3, 0.4) is 0 Å². The van der Waals surface area contributed by atoms with Crippen LogP contribution in [0.5, 0.6) is 0 Å². The zero-order valence-electron chi connectivity index (χ0n) is 15.4. The van der Waals surface area contributed by atoms with E-state index in [0.29, 0.717) is 30.5 Å². The summed E-state index contributed by atoms with van der Waals surface area (Å²) in [7, 11) is -3.56. The third-order valence-electron chi connectivity index (χ3n) is 4.47. The van der Waals surface area contributed by atoms with Crippen molar-refractivity contribution in [3.63, 3.8) is 0 Å². The highest BCUT2D eigenvalue weighted by molar-refractivity contribution is 7.89. The van der Waals surface area contributed by atoms with E-state index in [9.17, 15) is 8.42 Å². The van der Waals surface area contributed by atoms with Gasteiger partial charge in [-0.1, -0.05) is 24.3 Å². The number of benzene rings is 1. The van der Waals surface area contributed by atoms with Crippen molar-refractivity contribution in [1.82, 2.24) is 19.5 Å². The maximum Gasteiger partial charge on any atom is 0.243 e. The van der Waals surface area contributed by atoms with E-state index in [4.69, 9.17) is 4.74 Å². The number of aromatic amines is 1. The predicted octanol–water partition coefficient (Wildman–Crippen LogP) is 2.62. The van der Waals surface area contributed by atoms with Crippen LogP contribution in [-0.2, 0) is 14.8 Å². The molecule has 8 nitrogen and oxygen atoms in total. The molecule has 3 heterocycles. The van der Waals surface area contributed by atoms with Gasteiger partial charge in [-0.15, -0.1) is 0 Å². The largest absolute Gasteiger partial charge is 0.369 e. The Morgan fingerprint density at radius 1 is 1.14 bits per heavy atom. The van der Waals surface area contributed by atoms with Crippen molar-refractivity contribution in [3.05, 3.63) is 66.0 Å². The van der Waals surface area contributed by atoms with Crippen LogP contribution in [0.1, 0.15) is 17.5 Å². The second-order valence-electron chi connectivity index (χ2n) is 6.54. The molecule has 0 unspecified atom stereocenters. The fourth-order valence-electron chi connectivity index (χ4n) is 3.08. The lowest BCUT2D eigenvalue weighted by Crippen LogP contribution is -2.42. The van der Waals surface area contributed by atoms with Crippen LogP contribution in [0.15, 0.2) is 59.5 Å². The van der Waals surface area contributed by atoms with Crippen molar-refractivity contribution in [2.45, 2.75) is 17.9 Å². The van der Waals surface area contributed by atoms with Gasteiger partial charge in [-0.05, 0) is 31.2 Å². The number of aromatic nitrogens is 3. The van der Waals surface area contributed by atoms with Crippen LogP contribution in [0, 0.1) is 6.92 Å². The molecule has 0 spiro atoms. The molecule has 2 N–H and O–H groups in total. The van der Waals surface area contributed by atoms with Crippen molar-refractivity contribution in [2.24, 2.45) is 0 Å². The van der Waals surface area contributed by atoms with E-state index in [-0.39, 0.29) is 11.4 Å². The summed E-state index contributed by atoms with van der Waals surface area (Å²) in [5, 5.41) is 10.1. The zero-order valence-corrected chi connectivity index (χ0v) is 16.2. The van der Waals surface area contributed by atoms with Crippen LogP contribution in [-0.4, -0.2) is 47.6 Å². The molecule has 1 fully saturated rings. The lowest BCUT2D eigenvalue weighted by atomic mass is 10.2. The Morgan fingerprint density at radius 3 is 2.71 bits per heavy atom. The van der Waals surface area contributed by atoms with Crippen molar-refractivity contribution in [1.29, 1.82) is 0 Å². The Kier molecular flexibility index (Phi) is 5.12. The standard InChI is InChI=1S/C19H21N5O3S/c1-14-12-19(23-22-14)21-18-9-5-8-16(20-18)17-13-24(10-11-27-17)28(25,26)15-6-3-2-4-7-15/h2-9,12,17H,10-11,13H2,1H3,(H2,20,21,22,23)/t17-/m0/s1. The van der Waals surface area contributed by atoms with Crippen molar-refractivity contribution in [3.8, 4) is 0 Å². The summed E-state index contributed by atoms with van der Waals surface area (Å²) in [6.07, 6.45) is -0.435. The van der Waals surface area contributed by atoms with Gasteiger partial charge in [-0.25, -0.2) is 13.4 Å². The molecule has 0 saturated carbocycles. The van der Waals surface area contributed by atoms with Gasteiger partial charge in [0.25, 0.3) is 0 Å². The average Bonchev–Trinajstić information content (AvgIpc) is 3.13. The second-order valence-corrected chi connectivity index (χ2v) is 8.48. The van der Waals surface area contributed by atoms with E-state index in [1.807, 2.05) is 31.2 Å². The van der Waals surface area contributed by atoms with Gasteiger partial charge in [0.05, 0.1) is 17.2 Å². The number of H-pyrrole nitrogens is 1. The number of pyridine rings is 1. The van der Waals surface area contributed by atoms with Crippen LogP contribution in [0.25, 0.3) is 0 Å². The molecule has 2 aromatic heterocycles. The Balaban J connectivity index is 1.52. The molecule has 1 saturated heterocycles. The van der Waals surface area contributed by atoms with Crippen LogP contribution in [0.4, 0.5) is 11.6 Å². The number of aryl methyl sites for hydroxylation is 1. The molecule has 146 valence electrons. The normalized spacial score (nSPS) is 18.1. The number of nitrogens with zero attached hydrogens (tertiary/aromatic N) is 3. The molecule has 4 rings (SSSR count). The summed E-state index contributed by atoms with van der Waals surface area (Å²) in [5.74, 6) is 1.29. The molecule has 28 heavy (non-hydrogen) atoms. The first-order valence-electron chi connectivity index (χ1n) is 8.95. The molecule has 1 aliphatic heterocycles. The minimum atomic E-state index is -3.56. The summed E-state index contributed by atoms with van der Waals surface area (Å²) in [6, 6.07) is 15.8. The van der Waals surface area contributed by atoms with E-state index >= 15 is 0 Å². The van der Waals surface area contributed by atoms with Gasteiger partial charge in [0, 0.05) is 24.8 Å². The lowest BCUT2D eigenvalue weighted by molar-refractivity contribution is -0.00486. The van der Waals surface area contributed by atoms with Gasteiger partial charge in [-0.2, -0.15) is 9.40 Å². The molecule has 0 bridgehead atoms. The topological polar surface area (TPSA) is 100 Å². The highest BCUT2D eigenvalue weighted by Gasteiger charge is 2.32. The average molecular weight is 399 g/mol. The quantitative estimate of drug-likeness (QED) is 0.684. The third kappa shape index (κ3) is 3.91. The number of hydrogen-bond donors (Lipinski definition) is 2. The van der Waals surface area contributed by atoms with Crippen molar-refractivity contribution < 1.29 is 13.2 Å². The van der Waals surface area contributed by atoms with E-state index < -0.39 is 16.1 Å². The van der Waals surface area contributed by atoms with Gasteiger partial charge in [0.1, 0.15) is 11.9 Å². The number of nitrogens with one attached hydrogen (secondary N) is 2. The Bertz CT molecular complexity index is 1050. The number of sulfonamides is 1. The van der Waals surface area contributed by atoms with E-state index in [1.165, 1.54) is 4.31 Å². The minimum Gasteiger partial charge on any atom is -0.369 e. The molecule has 0 amide bonds. The van der Waals surface area contributed by atoms with Crippen LogP contribution < -0.4 is 5.32 Å². The maximum atomic E-state index is 12.9. The van der Waals surface area contributed by atoms with Gasteiger partial charge >= 0.3 is 0 Å². The first-order chi connectivity index (χ1) is 13.5. The summed E-state index contributed by atoms with van der Waals surface area (Å²) in [4.78, 5) is 4.86. The van der Waals surface area contributed by atoms with Crippen LogP contribution in [0.2, 0.25) is 0 Å². The smallest absolute Gasteiger partial charge is 0.243 e. The Hall–Kier alpha value is -2.75. The first-order valence-corrected chi connectivity index (χ1v) is 10.4. The Labute approximate surface area is 163 Å². The first kappa shape index (κ1) is 18.6. The van der Waals surface area contributed by atoms with E-state index in [2.05, 4.69) is 20.5 Å². The highest BCUT2D eigenvalue weighted by Crippen LogP contribution is 2.26. The van der Waals surface area contributed by atoms with Crippen molar-refractivity contribution >= 4 is 21.7 Å². The summed E-state index contributed by atoms with van der Waals surface area (Å²) >= 11 is 0.